The number of carbonyl (C=O) groups excluding carboxylic acids is 1. The van der Waals surface area contributed by atoms with Crippen LogP contribution in [0.4, 0.5) is 0 Å². The average molecular weight is 236 g/mol. The first-order valence-corrected chi connectivity index (χ1v) is 5.15. The van der Waals surface area contributed by atoms with E-state index in [2.05, 4.69) is 9.97 Å². The third-order valence-electron chi connectivity index (χ3n) is 2.28. The zero-order valence-electron chi connectivity index (χ0n) is 8.72. The lowest BCUT2D eigenvalue weighted by molar-refractivity contribution is 0.0980. The number of carbonyl (C=O) groups is 1. The molecule has 2 aromatic heterocycles. The highest BCUT2D eigenvalue weighted by Gasteiger charge is 2.13. The van der Waals surface area contributed by atoms with Gasteiger partial charge in [0.1, 0.15) is 0 Å². The summed E-state index contributed by atoms with van der Waals surface area (Å²) in [5, 5.41) is 0.505. The Labute approximate surface area is 97.9 Å². The van der Waals surface area contributed by atoms with Crippen LogP contribution >= 0.6 is 11.6 Å². The van der Waals surface area contributed by atoms with Crippen LogP contribution in [0.5, 0.6) is 0 Å². The van der Waals surface area contributed by atoms with Gasteiger partial charge in [-0.1, -0.05) is 11.6 Å². The van der Waals surface area contributed by atoms with E-state index in [1.54, 1.807) is 36.3 Å². The van der Waals surface area contributed by atoms with Crippen LogP contribution < -0.4 is 0 Å². The zero-order chi connectivity index (χ0) is 11.5. The lowest BCUT2D eigenvalue weighted by Crippen LogP contribution is -2.10. The molecule has 0 fully saturated rings. The second kappa shape index (κ2) is 4.45. The van der Waals surface area contributed by atoms with E-state index in [9.17, 15) is 4.79 Å². The minimum absolute atomic E-state index is 0.0550. The van der Waals surface area contributed by atoms with Crippen LogP contribution in [0, 0.1) is 0 Å². The summed E-state index contributed by atoms with van der Waals surface area (Å²) in [6, 6.07) is 1.74. The van der Waals surface area contributed by atoms with E-state index in [-0.39, 0.29) is 12.2 Å². The minimum Gasteiger partial charge on any atom is -0.332 e. The van der Waals surface area contributed by atoms with Gasteiger partial charge in [0.05, 0.1) is 5.02 Å². The molecule has 4 nitrogen and oxygen atoms in total. The van der Waals surface area contributed by atoms with Crippen LogP contribution in [0.25, 0.3) is 0 Å². The molecule has 0 saturated heterocycles. The summed E-state index contributed by atoms with van der Waals surface area (Å²) in [6.45, 7) is 0. The van der Waals surface area contributed by atoms with Crippen molar-refractivity contribution in [1.82, 2.24) is 14.5 Å². The number of aryl methyl sites for hydroxylation is 1. The largest absolute Gasteiger partial charge is 0.332 e. The molecule has 0 aliphatic carbocycles. The quantitative estimate of drug-likeness (QED) is 0.764. The first kappa shape index (κ1) is 10.8. The Morgan fingerprint density at radius 1 is 1.50 bits per heavy atom. The van der Waals surface area contributed by atoms with E-state index in [0.717, 1.165) is 5.56 Å². The maximum Gasteiger partial charge on any atom is 0.202 e. The fourth-order valence-electron chi connectivity index (χ4n) is 1.43. The van der Waals surface area contributed by atoms with E-state index in [4.69, 9.17) is 11.6 Å². The van der Waals surface area contributed by atoms with E-state index < -0.39 is 0 Å². The summed E-state index contributed by atoms with van der Waals surface area (Å²) in [5.74, 6) is 0.383. The van der Waals surface area contributed by atoms with Gasteiger partial charge in [0.25, 0.3) is 0 Å². The van der Waals surface area contributed by atoms with Crippen molar-refractivity contribution >= 4 is 17.4 Å². The molecule has 0 spiro atoms. The molecular formula is C11H10ClN3O. The molecule has 0 aliphatic heterocycles. The number of imidazole rings is 1. The molecule has 0 bridgehead atoms. The Morgan fingerprint density at radius 2 is 2.31 bits per heavy atom. The Kier molecular flexibility index (Phi) is 3.01. The fourth-order valence-corrected chi connectivity index (χ4v) is 1.62. The molecule has 0 radical (unpaired) electrons. The summed E-state index contributed by atoms with van der Waals surface area (Å²) >= 11 is 5.93. The lowest BCUT2D eigenvalue weighted by Gasteiger charge is -2.02. The van der Waals surface area contributed by atoms with Gasteiger partial charge in [0.15, 0.2) is 5.82 Å². The normalized spacial score (nSPS) is 10.4. The standard InChI is InChI=1S/C11H10ClN3O/c1-15-5-4-14-11(15)10(16)6-8-2-3-13-7-9(8)12/h2-5,7H,6H2,1H3. The maximum absolute atomic E-state index is 11.9. The molecule has 0 aromatic carbocycles. The van der Waals surface area contributed by atoms with Gasteiger partial charge in [-0.3, -0.25) is 9.78 Å². The molecule has 5 heteroatoms. The van der Waals surface area contributed by atoms with Gasteiger partial charge in [-0.05, 0) is 11.6 Å². The highest BCUT2D eigenvalue weighted by Crippen LogP contribution is 2.15. The highest BCUT2D eigenvalue weighted by atomic mass is 35.5. The topological polar surface area (TPSA) is 47.8 Å². The van der Waals surface area contributed by atoms with Crippen LogP contribution in [0.3, 0.4) is 0 Å². The predicted molar refractivity (Wildman–Crippen MR) is 60.5 cm³/mol. The number of nitrogens with zero attached hydrogens (tertiary/aromatic N) is 3. The first-order valence-electron chi connectivity index (χ1n) is 4.77. The second-order valence-electron chi connectivity index (χ2n) is 3.43. The second-order valence-corrected chi connectivity index (χ2v) is 3.84. The molecule has 16 heavy (non-hydrogen) atoms. The molecule has 0 atom stereocenters. The minimum atomic E-state index is -0.0550. The number of rotatable bonds is 3. The van der Waals surface area contributed by atoms with Crippen molar-refractivity contribution in [3.63, 3.8) is 0 Å². The first-order chi connectivity index (χ1) is 7.68. The van der Waals surface area contributed by atoms with Gasteiger partial charge in [-0.15, -0.1) is 0 Å². The Bertz CT molecular complexity index is 521. The van der Waals surface area contributed by atoms with Crippen LogP contribution in [0.1, 0.15) is 16.2 Å². The molecular weight excluding hydrogens is 226 g/mol. The maximum atomic E-state index is 11.9. The van der Waals surface area contributed by atoms with Crippen molar-refractivity contribution in [3.05, 3.63) is 47.3 Å². The molecule has 0 amide bonds. The van der Waals surface area contributed by atoms with Crippen molar-refractivity contribution < 1.29 is 4.79 Å². The number of hydrogen-bond acceptors (Lipinski definition) is 3. The summed E-state index contributed by atoms with van der Waals surface area (Å²) in [4.78, 5) is 19.8. The van der Waals surface area contributed by atoms with Crippen LogP contribution in [-0.4, -0.2) is 20.3 Å². The average Bonchev–Trinajstić information content (AvgIpc) is 2.68. The number of ketones is 1. The predicted octanol–water partition coefficient (Wildman–Crippen LogP) is 1.89. The SMILES string of the molecule is Cn1ccnc1C(=O)Cc1ccncc1Cl. The Hall–Kier alpha value is -1.68. The highest BCUT2D eigenvalue weighted by molar-refractivity contribution is 6.31. The van der Waals surface area contributed by atoms with Crippen molar-refractivity contribution in [3.8, 4) is 0 Å². The lowest BCUT2D eigenvalue weighted by atomic mass is 10.1. The molecule has 0 saturated carbocycles. The third-order valence-corrected chi connectivity index (χ3v) is 2.62. The van der Waals surface area contributed by atoms with Gasteiger partial charge in [0, 0.05) is 38.3 Å². The van der Waals surface area contributed by atoms with Crippen molar-refractivity contribution in [2.75, 3.05) is 0 Å². The summed E-state index contributed by atoms with van der Waals surface area (Å²) in [6.07, 6.45) is 6.73. The number of halogens is 1. The smallest absolute Gasteiger partial charge is 0.202 e. The number of pyridine rings is 1. The summed E-state index contributed by atoms with van der Waals surface area (Å²) < 4.78 is 1.69. The van der Waals surface area contributed by atoms with E-state index in [1.807, 2.05) is 0 Å². The van der Waals surface area contributed by atoms with Gasteiger partial charge >= 0.3 is 0 Å². The van der Waals surface area contributed by atoms with Gasteiger partial charge in [-0.2, -0.15) is 0 Å². The van der Waals surface area contributed by atoms with Gasteiger partial charge in [-0.25, -0.2) is 4.98 Å². The molecule has 0 N–H and O–H groups in total. The summed E-state index contributed by atoms with van der Waals surface area (Å²) in [7, 11) is 1.79. The van der Waals surface area contributed by atoms with Crippen LogP contribution in [0.15, 0.2) is 30.9 Å². The fraction of sp³-hybridized carbons (Fsp3) is 0.182. The van der Waals surface area contributed by atoms with Crippen LogP contribution in [-0.2, 0) is 13.5 Å². The molecule has 2 heterocycles. The zero-order valence-corrected chi connectivity index (χ0v) is 9.48. The molecule has 82 valence electrons. The molecule has 2 rings (SSSR count). The van der Waals surface area contributed by atoms with Crippen molar-refractivity contribution in [2.45, 2.75) is 6.42 Å². The molecule has 2 aromatic rings. The molecule has 0 aliphatic rings. The van der Waals surface area contributed by atoms with E-state index in [0.29, 0.717) is 10.8 Å². The monoisotopic (exact) mass is 235 g/mol. The number of aromatic nitrogens is 3. The van der Waals surface area contributed by atoms with Gasteiger partial charge < -0.3 is 4.57 Å². The number of hydrogen-bond donors (Lipinski definition) is 0. The van der Waals surface area contributed by atoms with Crippen molar-refractivity contribution in [2.24, 2.45) is 7.05 Å². The molecule has 0 unspecified atom stereocenters. The van der Waals surface area contributed by atoms with E-state index in [1.165, 1.54) is 6.20 Å². The summed E-state index contributed by atoms with van der Waals surface area (Å²) in [5.41, 5.74) is 0.768. The third kappa shape index (κ3) is 2.12. The Balaban J connectivity index is 2.21. The van der Waals surface area contributed by atoms with Gasteiger partial charge in [0.2, 0.25) is 5.78 Å². The van der Waals surface area contributed by atoms with E-state index >= 15 is 0 Å². The Morgan fingerprint density at radius 3 is 2.94 bits per heavy atom. The van der Waals surface area contributed by atoms with Crippen molar-refractivity contribution in [1.29, 1.82) is 0 Å². The number of Topliss-reactive ketones (excluding diaryl/α,β-unsaturated/α-hetero) is 1. The van der Waals surface area contributed by atoms with Crippen LogP contribution in [0.2, 0.25) is 5.02 Å².